The van der Waals surface area contributed by atoms with Gasteiger partial charge >= 0.3 is 5.97 Å². The first kappa shape index (κ1) is 21.5. The van der Waals surface area contributed by atoms with E-state index in [-0.39, 0.29) is 11.8 Å². The van der Waals surface area contributed by atoms with Crippen molar-refractivity contribution in [1.29, 1.82) is 0 Å². The van der Waals surface area contributed by atoms with Crippen molar-refractivity contribution >= 4 is 23.4 Å². The number of hydrogen-bond donors (Lipinski definition) is 1. The Morgan fingerprint density at radius 2 is 1.78 bits per heavy atom. The van der Waals surface area contributed by atoms with Crippen LogP contribution in [0.5, 0.6) is 0 Å². The average Bonchev–Trinajstić information content (AvgIpc) is 3.17. The summed E-state index contributed by atoms with van der Waals surface area (Å²) < 4.78 is 6.47. The van der Waals surface area contributed by atoms with Gasteiger partial charge in [0.1, 0.15) is 0 Å². The van der Waals surface area contributed by atoms with E-state index in [1.807, 2.05) is 32.0 Å². The Morgan fingerprint density at radius 1 is 1.06 bits per heavy atom. The van der Waals surface area contributed by atoms with Crippen molar-refractivity contribution < 1.29 is 14.3 Å². The number of amides is 1. The average molecular weight is 435 g/mol. The second kappa shape index (κ2) is 9.17. The molecular formula is C23H26N6O3. The van der Waals surface area contributed by atoms with Crippen LogP contribution in [0.1, 0.15) is 34.6 Å². The van der Waals surface area contributed by atoms with Crippen molar-refractivity contribution in [2.24, 2.45) is 5.92 Å². The van der Waals surface area contributed by atoms with Gasteiger partial charge in [-0.3, -0.25) is 4.79 Å². The van der Waals surface area contributed by atoms with Crippen LogP contribution in [0.3, 0.4) is 0 Å². The summed E-state index contributed by atoms with van der Waals surface area (Å²) in [6.07, 6.45) is 1.69. The van der Waals surface area contributed by atoms with E-state index in [4.69, 9.17) is 4.74 Å². The highest BCUT2D eigenvalue weighted by Crippen LogP contribution is 2.23. The van der Waals surface area contributed by atoms with Crippen molar-refractivity contribution in [2.75, 3.05) is 30.4 Å². The molecule has 2 aromatic heterocycles. The van der Waals surface area contributed by atoms with Gasteiger partial charge in [-0.1, -0.05) is 0 Å². The molecular weight excluding hydrogens is 408 g/mol. The number of anilines is 2. The van der Waals surface area contributed by atoms with Crippen LogP contribution in [-0.4, -0.2) is 52.1 Å². The molecule has 1 unspecified atom stereocenters. The van der Waals surface area contributed by atoms with E-state index < -0.39 is 5.97 Å². The van der Waals surface area contributed by atoms with E-state index >= 15 is 0 Å². The van der Waals surface area contributed by atoms with Gasteiger partial charge in [-0.25, -0.2) is 9.48 Å². The van der Waals surface area contributed by atoms with Gasteiger partial charge in [0.05, 0.1) is 24.3 Å². The van der Waals surface area contributed by atoms with Crippen LogP contribution in [0, 0.1) is 19.8 Å². The van der Waals surface area contributed by atoms with Crippen molar-refractivity contribution in [2.45, 2.75) is 26.7 Å². The SMILES string of the molecule is COC(=O)c1ccc(NC(=O)C2CCCN(c3ccc(-n4nc(C)cc4C)nn3)C2)cc1. The van der Waals surface area contributed by atoms with Gasteiger partial charge in [0.2, 0.25) is 5.91 Å². The zero-order valence-electron chi connectivity index (χ0n) is 18.4. The number of carbonyl (C=O) groups is 2. The number of carbonyl (C=O) groups excluding carboxylic acids is 2. The van der Waals surface area contributed by atoms with E-state index in [1.54, 1.807) is 28.9 Å². The predicted molar refractivity (Wildman–Crippen MR) is 120 cm³/mol. The summed E-state index contributed by atoms with van der Waals surface area (Å²) in [5.74, 6) is 0.793. The first-order valence-electron chi connectivity index (χ1n) is 10.6. The lowest BCUT2D eigenvalue weighted by Crippen LogP contribution is -2.41. The van der Waals surface area contributed by atoms with Gasteiger partial charge in [-0.15, -0.1) is 10.2 Å². The number of piperidine rings is 1. The second-order valence-electron chi connectivity index (χ2n) is 7.93. The minimum atomic E-state index is -0.407. The number of nitrogens with zero attached hydrogens (tertiary/aromatic N) is 5. The molecule has 0 saturated carbocycles. The fourth-order valence-corrected chi connectivity index (χ4v) is 3.91. The number of nitrogens with one attached hydrogen (secondary N) is 1. The lowest BCUT2D eigenvalue weighted by molar-refractivity contribution is -0.120. The van der Waals surface area contributed by atoms with Crippen molar-refractivity contribution in [3.8, 4) is 5.82 Å². The van der Waals surface area contributed by atoms with E-state index in [2.05, 4.69) is 25.5 Å². The summed E-state index contributed by atoms with van der Waals surface area (Å²) in [7, 11) is 1.34. The predicted octanol–water partition coefficient (Wildman–Crippen LogP) is 2.92. The second-order valence-corrected chi connectivity index (χ2v) is 7.93. The summed E-state index contributed by atoms with van der Waals surface area (Å²) in [6.45, 7) is 5.32. The van der Waals surface area contributed by atoms with E-state index in [9.17, 15) is 9.59 Å². The standard InChI is InChI=1S/C23H26N6O3/c1-15-13-16(2)29(27-15)21-11-10-20(25-26-21)28-12-4-5-18(14-28)22(30)24-19-8-6-17(7-9-19)23(31)32-3/h6-11,13,18H,4-5,12,14H2,1-3H3,(H,24,30). The molecule has 1 aliphatic heterocycles. The summed E-state index contributed by atoms with van der Waals surface area (Å²) in [4.78, 5) is 26.5. The monoisotopic (exact) mass is 434 g/mol. The van der Waals surface area contributed by atoms with Gasteiger partial charge in [-0.2, -0.15) is 5.10 Å². The molecule has 0 radical (unpaired) electrons. The molecule has 1 fully saturated rings. The molecule has 1 aliphatic rings. The molecule has 1 N–H and O–H groups in total. The highest BCUT2D eigenvalue weighted by atomic mass is 16.5. The van der Waals surface area contributed by atoms with E-state index in [0.717, 1.165) is 36.6 Å². The maximum Gasteiger partial charge on any atom is 0.337 e. The molecule has 3 aromatic rings. The highest BCUT2D eigenvalue weighted by molar-refractivity contribution is 5.94. The number of aromatic nitrogens is 4. The molecule has 1 aromatic carbocycles. The maximum atomic E-state index is 12.8. The molecule has 0 bridgehead atoms. The molecule has 4 rings (SSSR count). The number of aryl methyl sites for hydroxylation is 2. The number of esters is 1. The third-order valence-electron chi connectivity index (χ3n) is 5.55. The van der Waals surface area contributed by atoms with Crippen LogP contribution in [-0.2, 0) is 9.53 Å². The van der Waals surface area contributed by atoms with Crippen molar-refractivity contribution in [3.05, 3.63) is 59.4 Å². The molecule has 0 spiro atoms. The first-order chi connectivity index (χ1) is 15.4. The van der Waals surface area contributed by atoms with Gasteiger partial charge in [0, 0.05) is 24.5 Å². The van der Waals surface area contributed by atoms with Crippen LogP contribution < -0.4 is 10.2 Å². The minimum absolute atomic E-state index is 0.0484. The van der Waals surface area contributed by atoms with Gasteiger partial charge in [-0.05, 0) is 69.2 Å². The maximum absolute atomic E-state index is 12.8. The van der Waals surface area contributed by atoms with Gasteiger partial charge < -0.3 is 15.0 Å². The first-order valence-corrected chi connectivity index (χ1v) is 10.6. The lowest BCUT2D eigenvalue weighted by atomic mass is 9.97. The van der Waals surface area contributed by atoms with Crippen molar-refractivity contribution in [3.63, 3.8) is 0 Å². The van der Waals surface area contributed by atoms with Crippen LogP contribution in [0.25, 0.3) is 5.82 Å². The Bertz CT molecular complexity index is 1110. The Balaban J connectivity index is 1.40. The Kier molecular flexibility index (Phi) is 6.16. The Labute approximate surface area is 186 Å². The van der Waals surface area contributed by atoms with Crippen LogP contribution in [0.4, 0.5) is 11.5 Å². The highest BCUT2D eigenvalue weighted by Gasteiger charge is 2.27. The number of benzene rings is 1. The third kappa shape index (κ3) is 4.61. The number of rotatable bonds is 5. The summed E-state index contributed by atoms with van der Waals surface area (Å²) in [6, 6.07) is 12.5. The topological polar surface area (TPSA) is 102 Å². The zero-order valence-corrected chi connectivity index (χ0v) is 18.4. The molecule has 1 saturated heterocycles. The minimum Gasteiger partial charge on any atom is -0.465 e. The Morgan fingerprint density at radius 3 is 2.41 bits per heavy atom. The van der Waals surface area contributed by atoms with Gasteiger partial charge in [0.15, 0.2) is 11.6 Å². The fraction of sp³-hybridized carbons (Fsp3) is 0.348. The Hall–Kier alpha value is -3.75. The van der Waals surface area contributed by atoms with Crippen LogP contribution >= 0.6 is 0 Å². The summed E-state index contributed by atoms with van der Waals surface area (Å²) >= 11 is 0. The van der Waals surface area contributed by atoms with E-state index in [1.165, 1.54) is 7.11 Å². The van der Waals surface area contributed by atoms with Crippen LogP contribution in [0.15, 0.2) is 42.5 Å². The molecule has 9 heteroatoms. The summed E-state index contributed by atoms with van der Waals surface area (Å²) in [5.41, 5.74) is 3.02. The fourth-order valence-electron chi connectivity index (χ4n) is 3.91. The molecule has 32 heavy (non-hydrogen) atoms. The smallest absolute Gasteiger partial charge is 0.337 e. The third-order valence-corrected chi connectivity index (χ3v) is 5.55. The normalized spacial score (nSPS) is 16.0. The number of ether oxygens (including phenoxy) is 1. The summed E-state index contributed by atoms with van der Waals surface area (Å²) in [5, 5.41) is 16.1. The largest absolute Gasteiger partial charge is 0.465 e. The molecule has 0 aliphatic carbocycles. The quantitative estimate of drug-likeness (QED) is 0.616. The van der Waals surface area contributed by atoms with Crippen molar-refractivity contribution in [1.82, 2.24) is 20.0 Å². The molecule has 9 nitrogen and oxygen atoms in total. The lowest BCUT2D eigenvalue weighted by Gasteiger charge is -2.32. The molecule has 1 amide bonds. The molecule has 1 atom stereocenters. The van der Waals surface area contributed by atoms with Gasteiger partial charge in [0.25, 0.3) is 0 Å². The van der Waals surface area contributed by atoms with E-state index in [0.29, 0.717) is 23.6 Å². The number of hydrogen-bond acceptors (Lipinski definition) is 7. The molecule has 166 valence electrons. The van der Waals surface area contributed by atoms with Crippen LogP contribution in [0.2, 0.25) is 0 Å². The number of methoxy groups -OCH3 is 1. The molecule has 3 heterocycles. The zero-order chi connectivity index (χ0) is 22.7.